The summed E-state index contributed by atoms with van der Waals surface area (Å²) in [6, 6.07) is 8.12. The first-order valence-corrected chi connectivity index (χ1v) is 9.61. The van der Waals surface area contributed by atoms with Crippen molar-refractivity contribution in [3.05, 3.63) is 29.8 Å². The van der Waals surface area contributed by atoms with E-state index >= 15 is 0 Å². The highest BCUT2D eigenvalue weighted by Gasteiger charge is 2.33. The molecule has 0 aliphatic carbocycles. The molecule has 0 bridgehead atoms. The van der Waals surface area contributed by atoms with Crippen molar-refractivity contribution >= 4 is 5.91 Å². The van der Waals surface area contributed by atoms with E-state index in [2.05, 4.69) is 38.2 Å². The molecule has 4 heteroatoms. The fraction of sp³-hybridized carbons (Fsp3) is 0.667. The van der Waals surface area contributed by atoms with Crippen LogP contribution in [0.15, 0.2) is 24.3 Å². The number of likely N-dealkylation sites (tertiary alicyclic amines) is 1. The summed E-state index contributed by atoms with van der Waals surface area (Å²) in [7, 11) is 0. The summed E-state index contributed by atoms with van der Waals surface area (Å²) in [4.78, 5) is 14.9. The average Bonchev–Trinajstić information content (AvgIpc) is 2.92. The summed E-state index contributed by atoms with van der Waals surface area (Å²) >= 11 is 0. The Hall–Kier alpha value is -1.55. The molecule has 2 aliphatic rings. The number of hydrogen-bond donors (Lipinski definition) is 1. The van der Waals surface area contributed by atoms with E-state index in [4.69, 9.17) is 4.74 Å². The van der Waals surface area contributed by atoms with Gasteiger partial charge in [-0.05, 0) is 67.8 Å². The Morgan fingerprint density at radius 2 is 1.84 bits per heavy atom. The van der Waals surface area contributed by atoms with E-state index < -0.39 is 6.10 Å². The van der Waals surface area contributed by atoms with Gasteiger partial charge in [-0.1, -0.05) is 32.9 Å². The van der Waals surface area contributed by atoms with Gasteiger partial charge in [-0.3, -0.25) is 4.79 Å². The molecule has 1 aromatic rings. The van der Waals surface area contributed by atoms with Crippen LogP contribution in [-0.2, 0) is 10.2 Å². The molecular formula is C21H32N2O2. The maximum atomic E-state index is 12.8. The smallest absolute Gasteiger partial charge is 0.263 e. The summed E-state index contributed by atoms with van der Waals surface area (Å²) in [6.07, 6.45) is 1.77. The number of nitrogens with one attached hydrogen (secondary N) is 1. The zero-order valence-corrected chi connectivity index (χ0v) is 16.0. The lowest BCUT2D eigenvalue weighted by molar-refractivity contribution is -0.137. The Kier molecular flexibility index (Phi) is 5.38. The van der Waals surface area contributed by atoms with E-state index in [0.717, 1.165) is 56.6 Å². The van der Waals surface area contributed by atoms with Crippen LogP contribution in [0.4, 0.5) is 0 Å². The van der Waals surface area contributed by atoms with Crippen molar-refractivity contribution in [3.63, 3.8) is 0 Å². The number of hydrogen-bond acceptors (Lipinski definition) is 3. The van der Waals surface area contributed by atoms with Crippen LogP contribution in [0.3, 0.4) is 0 Å². The van der Waals surface area contributed by atoms with E-state index in [9.17, 15) is 4.79 Å². The Morgan fingerprint density at radius 1 is 1.20 bits per heavy atom. The molecule has 1 amide bonds. The van der Waals surface area contributed by atoms with Gasteiger partial charge < -0.3 is 15.0 Å². The summed E-state index contributed by atoms with van der Waals surface area (Å²) in [5.41, 5.74) is 1.29. The molecular weight excluding hydrogens is 312 g/mol. The van der Waals surface area contributed by atoms with Crippen molar-refractivity contribution < 1.29 is 9.53 Å². The lowest BCUT2D eigenvalue weighted by Gasteiger charge is -2.26. The number of carbonyl (C=O) groups excluding carboxylic acids is 1. The van der Waals surface area contributed by atoms with E-state index in [1.165, 1.54) is 5.56 Å². The first-order valence-electron chi connectivity index (χ1n) is 9.61. The number of benzene rings is 1. The zero-order valence-electron chi connectivity index (χ0n) is 16.0. The van der Waals surface area contributed by atoms with Crippen molar-refractivity contribution in [2.45, 2.75) is 52.1 Å². The summed E-state index contributed by atoms with van der Waals surface area (Å²) in [5, 5.41) is 3.48. The monoisotopic (exact) mass is 344 g/mol. The number of fused-ring (bicyclic) bond motifs is 1. The van der Waals surface area contributed by atoms with Crippen molar-refractivity contribution in [1.82, 2.24) is 10.2 Å². The van der Waals surface area contributed by atoms with Gasteiger partial charge in [-0.25, -0.2) is 0 Å². The number of nitrogens with zero attached hydrogens (tertiary/aromatic N) is 1. The van der Waals surface area contributed by atoms with Crippen molar-refractivity contribution in [1.29, 1.82) is 0 Å². The molecule has 3 atom stereocenters. The predicted octanol–water partition coefficient (Wildman–Crippen LogP) is 3.21. The number of rotatable bonds is 3. The van der Waals surface area contributed by atoms with Crippen LogP contribution in [0.2, 0.25) is 0 Å². The summed E-state index contributed by atoms with van der Waals surface area (Å²) in [6.45, 7) is 12.4. The predicted molar refractivity (Wildman–Crippen MR) is 101 cm³/mol. The lowest BCUT2D eigenvalue weighted by Crippen LogP contribution is -2.41. The molecule has 2 aliphatic heterocycles. The van der Waals surface area contributed by atoms with E-state index in [0.29, 0.717) is 0 Å². The highest BCUT2D eigenvalue weighted by atomic mass is 16.5. The zero-order chi connectivity index (χ0) is 18.0. The topological polar surface area (TPSA) is 41.6 Å². The van der Waals surface area contributed by atoms with Gasteiger partial charge in [-0.15, -0.1) is 0 Å². The summed E-state index contributed by atoms with van der Waals surface area (Å²) in [5.74, 6) is 2.37. The van der Waals surface area contributed by atoms with Crippen molar-refractivity contribution in [2.24, 2.45) is 11.8 Å². The molecule has 2 fully saturated rings. The third-order valence-electron chi connectivity index (χ3n) is 5.69. The minimum Gasteiger partial charge on any atom is -0.481 e. The Bertz CT molecular complexity index is 594. The second-order valence-electron chi connectivity index (χ2n) is 8.62. The fourth-order valence-electron chi connectivity index (χ4n) is 3.99. The van der Waals surface area contributed by atoms with E-state index in [1.54, 1.807) is 0 Å². The van der Waals surface area contributed by atoms with Gasteiger partial charge >= 0.3 is 0 Å². The molecule has 1 N–H and O–H groups in total. The first kappa shape index (κ1) is 18.2. The number of carbonyl (C=O) groups is 1. The minimum absolute atomic E-state index is 0.0726. The second kappa shape index (κ2) is 7.36. The van der Waals surface area contributed by atoms with Crippen LogP contribution in [0.25, 0.3) is 0 Å². The maximum Gasteiger partial charge on any atom is 0.263 e. The maximum absolute atomic E-state index is 12.8. The van der Waals surface area contributed by atoms with Crippen LogP contribution in [0.5, 0.6) is 5.75 Å². The molecule has 25 heavy (non-hydrogen) atoms. The highest BCUT2D eigenvalue weighted by Crippen LogP contribution is 2.28. The standard InChI is InChI=1S/C21H32N2O2/c1-15(25-19-7-5-6-18(12-19)21(2,3)4)20(24)23-10-8-16-13-22-14-17(16)9-11-23/h5-7,12,15-17,22H,8-11,13-14H2,1-4H3/t15?,16-,17+. The largest absolute Gasteiger partial charge is 0.481 e. The van der Waals surface area contributed by atoms with Gasteiger partial charge in [0, 0.05) is 13.1 Å². The van der Waals surface area contributed by atoms with Gasteiger partial charge in [0.2, 0.25) is 0 Å². The summed E-state index contributed by atoms with van der Waals surface area (Å²) < 4.78 is 6.00. The molecule has 0 spiro atoms. The fourth-order valence-corrected chi connectivity index (χ4v) is 3.99. The lowest BCUT2D eigenvalue weighted by atomic mass is 9.87. The van der Waals surface area contributed by atoms with Gasteiger partial charge in [0.25, 0.3) is 5.91 Å². The molecule has 2 saturated heterocycles. The normalized spacial score (nSPS) is 25.2. The molecule has 3 rings (SSSR count). The number of amides is 1. The second-order valence-corrected chi connectivity index (χ2v) is 8.62. The molecule has 1 unspecified atom stereocenters. The molecule has 0 saturated carbocycles. The van der Waals surface area contributed by atoms with Gasteiger partial charge in [0.15, 0.2) is 6.10 Å². The Labute approximate surface area is 151 Å². The SMILES string of the molecule is CC(Oc1cccc(C(C)(C)C)c1)C(=O)N1CC[C@@H]2CNC[C@@H]2CC1. The van der Waals surface area contributed by atoms with Gasteiger partial charge in [-0.2, -0.15) is 0 Å². The Balaban J connectivity index is 1.61. The molecule has 1 aromatic carbocycles. The van der Waals surface area contributed by atoms with Crippen LogP contribution >= 0.6 is 0 Å². The highest BCUT2D eigenvalue weighted by molar-refractivity contribution is 5.81. The van der Waals surface area contributed by atoms with Crippen LogP contribution in [0.1, 0.15) is 46.1 Å². The minimum atomic E-state index is -0.439. The molecule has 4 nitrogen and oxygen atoms in total. The van der Waals surface area contributed by atoms with E-state index in [1.807, 2.05) is 24.0 Å². The molecule has 0 aromatic heterocycles. The van der Waals surface area contributed by atoms with Crippen molar-refractivity contribution in [3.8, 4) is 5.75 Å². The average molecular weight is 344 g/mol. The van der Waals surface area contributed by atoms with Crippen LogP contribution in [-0.4, -0.2) is 43.1 Å². The van der Waals surface area contributed by atoms with Gasteiger partial charge in [0.05, 0.1) is 0 Å². The number of ether oxygens (including phenoxy) is 1. The van der Waals surface area contributed by atoms with Crippen LogP contribution < -0.4 is 10.1 Å². The molecule has 2 heterocycles. The Morgan fingerprint density at radius 3 is 2.44 bits per heavy atom. The quantitative estimate of drug-likeness (QED) is 0.915. The first-order chi connectivity index (χ1) is 11.8. The third-order valence-corrected chi connectivity index (χ3v) is 5.69. The molecule has 138 valence electrons. The third kappa shape index (κ3) is 4.35. The van der Waals surface area contributed by atoms with Crippen LogP contribution in [0, 0.1) is 11.8 Å². The van der Waals surface area contributed by atoms with Crippen molar-refractivity contribution in [2.75, 3.05) is 26.2 Å². The van der Waals surface area contributed by atoms with E-state index in [-0.39, 0.29) is 11.3 Å². The molecule has 0 radical (unpaired) electrons. The van der Waals surface area contributed by atoms with Gasteiger partial charge in [0.1, 0.15) is 5.75 Å².